The standard InChI is InChI=1S/C19H13N3O4S/c23-16-12-8-13(17-20-6-7-27-17)18(24)22(10-11-4-2-1-3-5-11)14(12)9-21-15(16)19(25)26/h1-9,23H,10H2,(H,25,26). The fraction of sp³-hybridized carbons (Fsp3) is 0.0526. The molecule has 0 radical (unpaired) electrons. The van der Waals surface area contributed by atoms with Gasteiger partial charge in [0.2, 0.25) is 0 Å². The first-order chi connectivity index (χ1) is 13.1. The fourth-order valence-corrected chi connectivity index (χ4v) is 3.56. The summed E-state index contributed by atoms with van der Waals surface area (Å²) in [7, 11) is 0. The minimum atomic E-state index is -1.34. The van der Waals surface area contributed by atoms with Crippen LogP contribution >= 0.6 is 11.3 Å². The van der Waals surface area contributed by atoms with Crippen molar-refractivity contribution in [1.82, 2.24) is 14.5 Å². The topological polar surface area (TPSA) is 105 Å². The number of carboxylic acid groups (broad SMARTS) is 1. The van der Waals surface area contributed by atoms with Crippen molar-refractivity contribution in [3.05, 3.63) is 75.8 Å². The van der Waals surface area contributed by atoms with Crippen molar-refractivity contribution >= 4 is 28.2 Å². The summed E-state index contributed by atoms with van der Waals surface area (Å²) in [5, 5.41) is 22.2. The second-order valence-corrected chi connectivity index (χ2v) is 6.73. The summed E-state index contributed by atoms with van der Waals surface area (Å²) in [6.07, 6.45) is 2.88. The van der Waals surface area contributed by atoms with Crippen molar-refractivity contribution in [3.8, 4) is 16.3 Å². The maximum absolute atomic E-state index is 13.1. The van der Waals surface area contributed by atoms with Crippen LogP contribution in [0.3, 0.4) is 0 Å². The maximum atomic E-state index is 13.1. The van der Waals surface area contributed by atoms with Crippen LogP contribution in [0.4, 0.5) is 0 Å². The van der Waals surface area contributed by atoms with Crippen molar-refractivity contribution in [2.75, 3.05) is 0 Å². The number of rotatable bonds is 4. The number of carboxylic acids is 1. The van der Waals surface area contributed by atoms with Crippen LogP contribution in [0.15, 0.2) is 59.0 Å². The molecule has 134 valence electrons. The molecule has 0 amide bonds. The molecule has 1 aromatic carbocycles. The molecule has 7 nitrogen and oxygen atoms in total. The summed E-state index contributed by atoms with van der Waals surface area (Å²) in [6, 6.07) is 10.8. The van der Waals surface area contributed by atoms with E-state index in [2.05, 4.69) is 9.97 Å². The van der Waals surface area contributed by atoms with Crippen LogP contribution < -0.4 is 5.56 Å². The first kappa shape index (κ1) is 16.9. The van der Waals surface area contributed by atoms with Crippen molar-refractivity contribution in [2.24, 2.45) is 0 Å². The number of thiazole rings is 1. The molecule has 0 atom stereocenters. The van der Waals surface area contributed by atoms with Gasteiger partial charge in [-0.1, -0.05) is 30.3 Å². The van der Waals surface area contributed by atoms with Crippen LogP contribution in [0.2, 0.25) is 0 Å². The lowest BCUT2D eigenvalue weighted by Gasteiger charge is -2.14. The van der Waals surface area contributed by atoms with E-state index in [4.69, 9.17) is 0 Å². The normalized spacial score (nSPS) is 11.0. The average molecular weight is 379 g/mol. The Labute approximate surface area is 156 Å². The zero-order valence-electron chi connectivity index (χ0n) is 13.9. The van der Waals surface area contributed by atoms with Crippen LogP contribution in [0.5, 0.6) is 5.75 Å². The van der Waals surface area contributed by atoms with Gasteiger partial charge in [0.05, 0.1) is 23.8 Å². The Hall–Kier alpha value is -3.52. The Balaban J connectivity index is 2.04. The maximum Gasteiger partial charge on any atom is 0.358 e. The molecule has 27 heavy (non-hydrogen) atoms. The number of hydrogen-bond donors (Lipinski definition) is 2. The van der Waals surface area contributed by atoms with Crippen LogP contribution in [0, 0.1) is 0 Å². The average Bonchev–Trinajstić information content (AvgIpc) is 3.19. The number of fused-ring (bicyclic) bond motifs is 1. The predicted molar refractivity (Wildman–Crippen MR) is 101 cm³/mol. The van der Waals surface area contributed by atoms with Crippen molar-refractivity contribution in [1.29, 1.82) is 0 Å². The number of aromatic nitrogens is 3. The number of nitrogens with zero attached hydrogens (tertiary/aromatic N) is 3. The van der Waals surface area contributed by atoms with E-state index in [0.717, 1.165) is 5.56 Å². The van der Waals surface area contributed by atoms with E-state index in [9.17, 15) is 19.8 Å². The van der Waals surface area contributed by atoms with Gasteiger partial charge in [-0.25, -0.2) is 14.8 Å². The summed E-state index contributed by atoms with van der Waals surface area (Å²) < 4.78 is 1.47. The summed E-state index contributed by atoms with van der Waals surface area (Å²) in [5.74, 6) is -1.81. The molecule has 0 aliphatic rings. The van der Waals surface area contributed by atoms with Crippen LogP contribution in [0.25, 0.3) is 21.5 Å². The molecule has 0 fully saturated rings. The number of hydrogen-bond acceptors (Lipinski definition) is 6. The third-order valence-electron chi connectivity index (χ3n) is 4.18. The van der Waals surface area contributed by atoms with Gasteiger partial charge in [-0.2, -0.15) is 0 Å². The number of aromatic hydroxyl groups is 1. The highest BCUT2D eigenvalue weighted by atomic mass is 32.1. The molecule has 0 aliphatic carbocycles. The van der Waals surface area contributed by atoms with Crippen molar-refractivity contribution in [3.63, 3.8) is 0 Å². The lowest BCUT2D eigenvalue weighted by Crippen LogP contribution is -2.23. The van der Waals surface area contributed by atoms with Gasteiger partial charge in [-0.3, -0.25) is 4.79 Å². The Morgan fingerprint density at radius 3 is 2.63 bits per heavy atom. The molecule has 4 aromatic rings. The van der Waals surface area contributed by atoms with E-state index >= 15 is 0 Å². The lowest BCUT2D eigenvalue weighted by molar-refractivity contribution is 0.0687. The first-order valence-electron chi connectivity index (χ1n) is 7.99. The van der Waals surface area contributed by atoms with Crippen LogP contribution in [-0.2, 0) is 6.54 Å². The third-order valence-corrected chi connectivity index (χ3v) is 4.98. The SMILES string of the molecule is O=C(O)c1ncc2c(cc(-c3nccs3)c(=O)n2Cc2ccccc2)c1O. The molecular weight excluding hydrogens is 366 g/mol. The monoisotopic (exact) mass is 379 g/mol. The van der Waals surface area contributed by atoms with E-state index < -0.39 is 17.4 Å². The second-order valence-electron chi connectivity index (χ2n) is 5.83. The van der Waals surface area contributed by atoms with Gasteiger partial charge < -0.3 is 14.8 Å². The number of aromatic carboxylic acids is 1. The summed E-state index contributed by atoms with van der Waals surface area (Å²) in [5.41, 5.74) is 0.792. The smallest absolute Gasteiger partial charge is 0.358 e. The van der Waals surface area contributed by atoms with Gasteiger partial charge in [-0.15, -0.1) is 11.3 Å². The summed E-state index contributed by atoms with van der Waals surface area (Å²) in [4.78, 5) is 32.4. The van der Waals surface area contributed by atoms with Crippen LogP contribution in [0.1, 0.15) is 16.1 Å². The molecule has 0 spiro atoms. The largest absolute Gasteiger partial charge is 0.505 e. The van der Waals surface area contributed by atoms with Gasteiger partial charge in [0.15, 0.2) is 11.4 Å². The molecular formula is C19H13N3O4S. The fourth-order valence-electron chi connectivity index (χ4n) is 2.91. The predicted octanol–water partition coefficient (Wildman–Crippen LogP) is 2.97. The zero-order valence-corrected chi connectivity index (χ0v) is 14.7. The molecule has 0 unspecified atom stereocenters. The van der Waals surface area contributed by atoms with Gasteiger partial charge in [0, 0.05) is 17.0 Å². The highest BCUT2D eigenvalue weighted by molar-refractivity contribution is 7.13. The second kappa shape index (κ2) is 6.65. The van der Waals surface area contributed by atoms with E-state index in [1.165, 1.54) is 28.2 Å². The van der Waals surface area contributed by atoms with Crippen molar-refractivity contribution in [2.45, 2.75) is 6.54 Å². The third kappa shape index (κ3) is 2.96. The summed E-state index contributed by atoms with van der Waals surface area (Å²) >= 11 is 1.29. The van der Waals surface area contributed by atoms with E-state index in [1.54, 1.807) is 11.6 Å². The molecule has 4 rings (SSSR count). The minimum Gasteiger partial charge on any atom is -0.505 e. The van der Waals surface area contributed by atoms with E-state index in [-0.39, 0.29) is 17.5 Å². The van der Waals surface area contributed by atoms with Crippen LogP contribution in [-0.4, -0.2) is 30.7 Å². The quantitative estimate of drug-likeness (QED) is 0.565. The Morgan fingerprint density at radius 2 is 1.96 bits per heavy atom. The number of pyridine rings is 2. The molecule has 3 aromatic heterocycles. The lowest BCUT2D eigenvalue weighted by atomic mass is 10.1. The highest BCUT2D eigenvalue weighted by Gasteiger charge is 2.20. The van der Waals surface area contributed by atoms with E-state index in [1.807, 2.05) is 30.3 Å². The molecule has 8 heteroatoms. The number of benzene rings is 1. The zero-order chi connectivity index (χ0) is 19.0. The Bertz CT molecular complexity index is 1200. The Morgan fingerprint density at radius 1 is 1.19 bits per heavy atom. The van der Waals surface area contributed by atoms with E-state index in [0.29, 0.717) is 16.1 Å². The Kier molecular flexibility index (Phi) is 4.17. The molecule has 0 saturated heterocycles. The van der Waals surface area contributed by atoms with Crippen molar-refractivity contribution < 1.29 is 15.0 Å². The molecule has 0 aliphatic heterocycles. The molecule has 3 heterocycles. The molecule has 0 saturated carbocycles. The minimum absolute atomic E-state index is 0.239. The number of carbonyl (C=O) groups is 1. The van der Waals surface area contributed by atoms with Gasteiger partial charge in [-0.05, 0) is 11.6 Å². The highest BCUT2D eigenvalue weighted by Crippen LogP contribution is 2.30. The summed E-state index contributed by atoms with van der Waals surface area (Å²) in [6.45, 7) is 0.253. The van der Waals surface area contributed by atoms with Gasteiger partial charge >= 0.3 is 5.97 Å². The van der Waals surface area contributed by atoms with Gasteiger partial charge in [0.1, 0.15) is 5.01 Å². The molecule has 0 bridgehead atoms. The van der Waals surface area contributed by atoms with Gasteiger partial charge in [0.25, 0.3) is 5.56 Å². The first-order valence-corrected chi connectivity index (χ1v) is 8.87. The molecule has 2 N–H and O–H groups in total.